The number of ether oxygens (including phenoxy) is 13. The fourth-order valence-electron chi connectivity index (χ4n) is 16.5. The van der Waals surface area contributed by atoms with Crippen molar-refractivity contribution in [2.24, 2.45) is 35.3 Å². The van der Waals surface area contributed by atoms with Gasteiger partial charge in [-0.2, -0.15) is 10.1 Å². The number of esters is 1. The Bertz CT molecular complexity index is 4450. The first-order valence-corrected chi connectivity index (χ1v) is 44.1. The van der Waals surface area contributed by atoms with Gasteiger partial charge in [-0.25, -0.2) is 34.2 Å². The predicted octanol–water partition coefficient (Wildman–Crippen LogP) is 5.80. The van der Waals surface area contributed by atoms with E-state index in [1.807, 2.05) is 56.4 Å². The second-order valence-corrected chi connectivity index (χ2v) is 33.2. The van der Waals surface area contributed by atoms with Crippen molar-refractivity contribution in [2.75, 3.05) is 151 Å². The number of carbonyl (C=O) groups is 6. The maximum atomic E-state index is 14.7. The molecular formula is C89H131N13O24. The van der Waals surface area contributed by atoms with Gasteiger partial charge < -0.3 is 119 Å². The predicted molar refractivity (Wildman–Crippen MR) is 461 cm³/mol. The Morgan fingerprint density at radius 1 is 0.714 bits per heavy atom. The lowest BCUT2D eigenvalue weighted by Gasteiger charge is -2.42. The lowest BCUT2D eigenvalue weighted by molar-refractivity contribution is -0.265. The number of allylic oxidation sites excluding steroid dienone is 5. The number of oxazole rings is 1. The van der Waals surface area contributed by atoms with Gasteiger partial charge in [0.2, 0.25) is 11.7 Å². The quantitative estimate of drug-likeness (QED) is 0.0102. The number of nitrogens with two attached hydrogens (primary N) is 3. The Morgan fingerprint density at radius 3 is 2.06 bits per heavy atom. The smallest absolute Gasteiger partial charge is 0.407 e. The highest BCUT2D eigenvalue weighted by Crippen LogP contribution is 2.39. The van der Waals surface area contributed by atoms with Crippen LogP contribution in [0.3, 0.4) is 0 Å². The van der Waals surface area contributed by atoms with E-state index in [-0.39, 0.29) is 107 Å². The van der Waals surface area contributed by atoms with Crippen LogP contribution in [0.25, 0.3) is 33.4 Å². The van der Waals surface area contributed by atoms with Crippen molar-refractivity contribution >= 4 is 69.4 Å². The number of anilines is 2. The Hall–Kier alpha value is -8.74. The van der Waals surface area contributed by atoms with Crippen molar-refractivity contribution in [3.05, 3.63) is 95.4 Å². The first kappa shape index (κ1) is 99.4. The fourth-order valence-corrected chi connectivity index (χ4v) is 16.5. The Morgan fingerprint density at radius 2 is 1.39 bits per heavy atom. The highest BCUT2D eigenvalue weighted by atomic mass is 16.6. The summed E-state index contributed by atoms with van der Waals surface area (Å²) in [7, 11) is 3.07. The molecule has 0 unspecified atom stereocenters. The normalized spacial score (nSPS) is 27.0. The van der Waals surface area contributed by atoms with E-state index in [9.17, 15) is 49.2 Å². The minimum Gasteiger partial charge on any atom is -0.459 e. The van der Waals surface area contributed by atoms with Gasteiger partial charge in [0.25, 0.3) is 17.7 Å². The van der Waals surface area contributed by atoms with Gasteiger partial charge in [0.1, 0.15) is 66.2 Å². The largest absolute Gasteiger partial charge is 0.459 e. The number of rotatable bonds is 36. The monoisotopic (exact) mass is 1770 g/mol. The number of ketones is 2. The number of aromatic nitrogens is 7. The number of amides is 3. The number of nitrogens with zero attached hydrogens (tertiary/aromatic N) is 9. The summed E-state index contributed by atoms with van der Waals surface area (Å²) in [4.78, 5) is 109. The van der Waals surface area contributed by atoms with E-state index in [1.54, 1.807) is 62.7 Å². The first-order valence-electron chi connectivity index (χ1n) is 44.1. The summed E-state index contributed by atoms with van der Waals surface area (Å²) in [5.41, 5.74) is 25.0. The van der Waals surface area contributed by atoms with Gasteiger partial charge in [-0.05, 0) is 119 Å². The van der Waals surface area contributed by atoms with Crippen LogP contribution >= 0.6 is 0 Å². The van der Waals surface area contributed by atoms with Crippen LogP contribution in [0.4, 0.5) is 16.6 Å². The molecule has 4 aliphatic heterocycles. The molecule has 2 bridgehead atoms. The molecule has 10 rings (SSSR count). The first-order chi connectivity index (χ1) is 60.7. The molecule has 0 spiro atoms. The van der Waals surface area contributed by atoms with Crippen molar-refractivity contribution in [2.45, 2.75) is 211 Å². The standard InChI is InChI=1S/C89H131N13O24/c1-55-14-10-9-11-15-56(2)72(113-7)49-64-20-17-60(6)89(112,126-64)82(108)85(109)101-26-13-12-16-68(101)86(110)123-73(50-69(103)57(3)45-59(5)80(106)81(107)79(105)58(4)44-55)65(90)46-61-18-21-71(74(47-61)114-8)125-88(111)93-25-29-116-31-33-118-35-37-120-39-41-122-43-42-121-40-38-119-36-34-117-32-30-115-28-24-76(104)100-27-23-66-63(52-100)51-94-75(97-66)53-102-84-77(83(91)95-54-96-84)78(99-102)62-19-22-70-67(48-62)98-87(92)124-70/h9-11,14-15,19,22,45,48,51,54-55,57-58,60-61,64-65,68-69,71-74,80-81,103,106-107,112H,12-13,16-18,20-21,23-44,46-47,49-50,52-53,90H2,1-8H3,(H2,92,98)(H,93,111)(H2,91,95,96)/b11-9?,14-10+,56-15?,59-45+/t55-,57-,58-,60-,61+,64+,65-,68+,69-,71-,72+,73+,74-,80-,81+,89-/m1/s1. The van der Waals surface area contributed by atoms with Crippen LogP contribution in [0.2, 0.25) is 0 Å². The second kappa shape index (κ2) is 50.3. The van der Waals surface area contributed by atoms with Crippen LogP contribution in [-0.2, 0) is 105 Å². The minimum absolute atomic E-state index is 0.0141. The molecule has 1 aromatic carbocycles. The number of Topliss-reactive ketones (excluding diaryl/α,β-unsaturated/α-hetero) is 2. The van der Waals surface area contributed by atoms with Crippen LogP contribution in [0, 0.1) is 29.6 Å². The Kier molecular flexibility index (Phi) is 39.7. The molecule has 37 nitrogen and oxygen atoms in total. The molecule has 3 fully saturated rings. The van der Waals surface area contributed by atoms with Crippen molar-refractivity contribution in [3.63, 3.8) is 0 Å². The third-order valence-corrected chi connectivity index (χ3v) is 23.9. The highest BCUT2D eigenvalue weighted by molar-refractivity contribution is 6.39. The number of alkyl carbamates (subject to hydrolysis) is 1. The molecule has 2 saturated heterocycles. The van der Waals surface area contributed by atoms with E-state index >= 15 is 0 Å². The van der Waals surface area contributed by atoms with Gasteiger partial charge in [-0.1, -0.05) is 64.2 Å². The van der Waals surface area contributed by atoms with E-state index < -0.39 is 114 Å². The number of hydrogen-bond acceptors (Lipinski definition) is 33. The van der Waals surface area contributed by atoms with Crippen LogP contribution in [0.1, 0.15) is 142 Å². The summed E-state index contributed by atoms with van der Waals surface area (Å²) in [6, 6.07) is 3.35. The van der Waals surface area contributed by atoms with E-state index in [1.165, 1.54) is 13.4 Å². The maximum Gasteiger partial charge on any atom is 0.407 e. The van der Waals surface area contributed by atoms with Crippen LogP contribution in [0.5, 0.6) is 0 Å². The average molecular weight is 1770 g/mol. The van der Waals surface area contributed by atoms with Crippen molar-refractivity contribution in [1.82, 2.24) is 49.8 Å². The number of nitrogen functional groups attached to an aromatic ring is 2. The van der Waals surface area contributed by atoms with E-state index in [4.69, 9.17) is 93.3 Å². The zero-order valence-electron chi connectivity index (χ0n) is 74.0. The van der Waals surface area contributed by atoms with E-state index in [0.29, 0.717) is 190 Å². The van der Waals surface area contributed by atoms with Crippen molar-refractivity contribution < 1.29 is 115 Å². The summed E-state index contributed by atoms with van der Waals surface area (Å²) in [6.45, 7) is 17.3. The van der Waals surface area contributed by atoms with Gasteiger partial charge in [-0.3, -0.25) is 19.2 Å². The summed E-state index contributed by atoms with van der Waals surface area (Å²) >= 11 is 0. The molecule has 0 radical (unpaired) electrons. The number of hydrogen-bond donors (Lipinski definition) is 8. The number of methoxy groups -OCH3 is 2. The molecule has 696 valence electrons. The molecule has 1 aliphatic carbocycles. The number of nitrogens with one attached hydrogen (secondary N) is 1. The third-order valence-electron chi connectivity index (χ3n) is 23.9. The molecule has 37 heteroatoms. The van der Waals surface area contributed by atoms with Gasteiger partial charge in [0.05, 0.1) is 148 Å². The molecule has 5 aliphatic rings. The molecule has 11 N–H and O–H groups in total. The van der Waals surface area contributed by atoms with Gasteiger partial charge in [0, 0.05) is 101 Å². The topological polar surface area (TPSA) is 495 Å². The number of carbonyl (C=O) groups excluding carboxylic acids is 6. The number of benzene rings is 1. The zero-order chi connectivity index (χ0) is 90.2. The zero-order valence-corrected chi connectivity index (χ0v) is 74.0. The molecule has 126 heavy (non-hydrogen) atoms. The lowest BCUT2D eigenvalue weighted by atomic mass is 9.80. The molecule has 4 aromatic heterocycles. The second-order valence-electron chi connectivity index (χ2n) is 33.2. The summed E-state index contributed by atoms with van der Waals surface area (Å²) in [6.07, 6.45) is 10.2. The Balaban J connectivity index is 0.548. The SMILES string of the molecule is CO[C@H]1C[C@@H]2CC[C@@H](C)[C@@](O)(O2)C(=O)C(=O)N2CCCC[C@H]2C(=O)O[C@H]([C@H](N)C[C@@H]2CC[C@@H](OC(=O)NCCOCCOCCOCCOCCOCCOCCOCCOCCC(=O)N3CCc4nc(Cn5nc(-c6ccc7oc(N)nc7c6)c6c(N)ncnc65)ncc4C3)[C@H](OC)C2)C[C@@H](O)[C@H](C)/C=C(\C)[C@@H](O)[C@@H](O)C(=O)[C@H](C)C[C@H](C)/C=C/C=CC=C1C. The van der Waals surface area contributed by atoms with Crippen molar-refractivity contribution in [1.29, 1.82) is 0 Å². The van der Waals surface area contributed by atoms with Crippen LogP contribution in [-0.4, -0.2) is 307 Å². The summed E-state index contributed by atoms with van der Waals surface area (Å²) in [5, 5.41) is 54.8. The third kappa shape index (κ3) is 28.9. The molecular weight excluding hydrogens is 1640 g/mol. The lowest BCUT2D eigenvalue weighted by Crippen LogP contribution is -2.61. The molecule has 16 atom stereocenters. The maximum absolute atomic E-state index is 14.7. The average Bonchev–Trinajstić information content (AvgIpc) is 1.46. The van der Waals surface area contributed by atoms with Gasteiger partial charge >= 0.3 is 12.1 Å². The van der Waals surface area contributed by atoms with Gasteiger partial charge in [-0.15, -0.1) is 0 Å². The minimum atomic E-state index is -2.50. The van der Waals surface area contributed by atoms with Crippen LogP contribution in [0.15, 0.2) is 82.7 Å². The number of cyclic esters (lactones) is 1. The summed E-state index contributed by atoms with van der Waals surface area (Å²) in [5.74, 6) is -7.70. The van der Waals surface area contributed by atoms with Gasteiger partial charge in [0.15, 0.2) is 17.0 Å². The van der Waals surface area contributed by atoms with E-state index in [2.05, 4.69) is 25.3 Å². The molecule has 5 aromatic rings. The number of aliphatic hydroxyl groups is 4. The molecule has 3 amide bonds. The number of piperidine rings is 1. The highest BCUT2D eigenvalue weighted by Gasteiger charge is 2.53. The summed E-state index contributed by atoms with van der Waals surface area (Å²) < 4.78 is 82.2. The fraction of sp³-hybridized carbons (Fsp3) is 0.663. The van der Waals surface area contributed by atoms with Crippen LogP contribution < -0.4 is 22.5 Å². The van der Waals surface area contributed by atoms with E-state index in [0.717, 1.165) is 27.3 Å². The number of aliphatic hydroxyl groups excluding tert-OH is 3. The van der Waals surface area contributed by atoms with Crippen molar-refractivity contribution in [3.8, 4) is 11.3 Å². The molecule has 1 saturated carbocycles. The Labute approximate surface area is 735 Å². The number of fused-ring (bicyclic) bond motifs is 6. The molecule has 8 heterocycles.